The van der Waals surface area contributed by atoms with Crippen LogP contribution in [0.25, 0.3) is 6.08 Å². The van der Waals surface area contributed by atoms with Crippen LogP contribution in [0.5, 0.6) is 5.88 Å². The highest BCUT2D eigenvalue weighted by Gasteiger charge is 2.25. The molecule has 2 aliphatic rings. The fraction of sp³-hybridized carbons (Fsp3) is 0.320. The maximum absolute atomic E-state index is 5.97. The van der Waals surface area contributed by atoms with Gasteiger partial charge in [0.1, 0.15) is 18.5 Å². The van der Waals surface area contributed by atoms with Crippen LogP contribution in [0.15, 0.2) is 59.2 Å². The van der Waals surface area contributed by atoms with E-state index in [-0.39, 0.29) is 7.53 Å². The smallest absolute Gasteiger partial charge is 0.219 e. The number of nitrogens with one attached hydrogen (secondary N) is 1. The molecule has 5 nitrogen and oxygen atoms in total. The molecule has 0 saturated carbocycles. The lowest BCUT2D eigenvalue weighted by Gasteiger charge is -2.21. The third-order valence-electron chi connectivity index (χ3n) is 5.69. The Kier molecular flexibility index (Phi) is 5.64. The number of H-pyrrole nitrogens is 1. The van der Waals surface area contributed by atoms with Gasteiger partial charge in [-0.1, -0.05) is 12.2 Å². The topological polar surface area (TPSA) is 56.4 Å². The largest absolute Gasteiger partial charge is 0.494 e. The van der Waals surface area contributed by atoms with Gasteiger partial charge in [-0.3, -0.25) is 0 Å². The van der Waals surface area contributed by atoms with Gasteiger partial charge in [-0.25, -0.2) is 4.98 Å². The van der Waals surface area contributed by atoms with Crippen molar-refractivity contribution in [1.29, 1.82) is 0 Å². The molecule has 2 aromatic heterocycles. The summed E-state index contributed by atoms with van der Waals surface area (Å²) in [6.45, 7) is 6.83. The van der Waals surface area contributed by atoms with Gasteiger partial charge in [0.25, 0.3) is 0 Å². The fourth-order valence-corrected chi connectivity index (χ4v) is 4.25. The van der Waals surface area contributed by atoms with Gasteiger partial charge in [-0.2, -0.15) is 0 Å². The van der Waals surface area contributed by atoms with Crippen LogP contribution in [0.1, 0.15) is 49.3 Å². The van der Waals surface area contributed by atoms with Gasteiger partial charge < -0.3 is 19.2 Å². The first kappa shape index (κ1) is 20.2. The van der Waals surface area contributed by atoms with E-state index >= 15 is 0 Å². The Balaban J connectivity index is 0.00000272. The standard InChI is InChI=1S/C25H28N2O3.H2/c1-15-11-20(25(29-5)27-13-15)24(28-4)21-14-26-22-8-6-7-18(12-19(21)22)23-16(2)9-10-30-17(23)3;/h6-7,9,11-14,24,26H,8,10H2,1-5H3;1H. The van der Waals surface area contributed by atoms with E-state index in [1.54, 1.807) is 14.2 Å². The molecule has 0 aromatic carbocycles. The summed E-state index contributed by atoms with van der Waals surface area (Å²) < 4.78 is 17.3. The van der Waals surface area contributed by atoms with Crippen molar-refractivity contribution in [2.75, 3.05) is 20.8 Å². The van der Waals surface area contributed by atoms with Crippen LogP contribution in [-0.2, 0) is 15.9 Å². The van der Waals surface area contributed by atoms with Crippen molar-refractivity contribution in [1.82, 2.24) is 9.97 Å². The molecule has 0 fully saturated rings. The lowest BCUT2D eigenvalue weighted by atomic mass is 9.93. The minimum Gasteiger partial charge on any atom is -0.494 e. The second-order valence-electron chi connectivity index (χ2n) is 7.70. The molecule has 0 spiro atoms. The van der Waals surface area contributed by atoms with E-state index < -0.39 is 0 Å². The number of ether oxygens (including phenoxy) is 3. The Morgan fingerprint density at radius 3 is 2.77 bits per heavy atom. The van der Waals surface area contributed by atoms with Crippen LogP contribution >= 0.6 is 0 Å². The predicted molar refractivity (Wildman–Crippen MR) is 121 cm³/mol. The second kappa shape index (κ2) is 8.36. The number of rotatable bonds is 5. The van der Waals surface area contributed by atoms with Crippen molar-refractivity contribution >= 4 is 6.08 Å². The average Bonchev–Trinajstić information content (AvgIpc) is 2.99. The fourth-order valence-electron chi connectivity index (χ4n) is 4.25. The number of aromatic amines is 1. The molecule has 0 saturated heterocycles. The first-order chi connectivity index (χ1) is 14.5. The summed E-state index contributed by atoms with van der Waals surface area (Å²) in [4.78, 5) is 7.89. The number of fused-ring (bicyclic) bond motifs is 1. The molecule has 30 heavy (non-hydrogen) atoms. The van der Waals surface area contributed by atoms with Gasteiger partial charge in [0.2, 0.25) is 5.88 Å². The first-order valence-electron chi connectivity index (χ1n) is 10.2. The van der Waals surface area contributed by atoms with Crippen LogP contribution in [0.4, 0.5) is 0 Å². The van der Waals surface area contributed by atoms with Crippen molar-refractivity contribution in [3.05, 3.63) is 87.1 Å². The number of methoxy groups -OCH3 is 2. The van der Waals surface area contributed by atoms with E-state index in [4.69, 9.17) is 14.2 Å². The summed E-state index contributed by atoms with van der Waals surface area (Å²) in [6, 6.07) is 2.08. The highest BCUT2D eigenvalue weighted by atomic mass is 16.5. The highest BCUT2D eigenvalue weighted by Crippen LogP contribution is 2.38. The van der Waals surface area contributed by atoms with Crippen molar-refractivity contribution in [3.63, 3.8) is 0 Å². The Morgan fingerprint density at radius 2 is 2.03 bits per heavy atom. The van der Waals surface area contributed by atoms with E-state index in [1.165, 1.54) is 5.57 Å². The number of aromatic nitrogens is 2. The van der Waals surface area contributed by atoms with Gasteiger partial charge in [-0.05, 0) is 55.7 Å². The van der Waals surface area contributed by atoms with E-state index in [0.29, 0.717) is 12.5 Å². The molecule has 3 heterocycles. The van der Waals surface area contributed by atoms with E-state index in [2.05, 4.69) is 47.3 Å². The lowest BCUT2D eigenvalue weighted by Crippen LogP contribution is -2.08. The van der Waals surface area contributed by atoms with Crippen LogP contribution in [0.2, 0.25) is 0 Å². The van der Waals surface area contributed by atoms with Gasteiger partial charge in [0.15, 0.2) is 0 Å². The molecule has 0 bridgehead atoms. The number of pyridine rings is 1. The van der Waals surface area contributed by atoms with Gasteiger partial charge in [-0.15, -0.1) is 0 Å². The first-order valence-corrected chi connectivity index (χ1v) is 10.2. The molecule has 1 aliphatic heterocycles. The van der Waals surface area contributed by atoms with E-state index in [1.807, 2.05) is 26.2 Å². The van der Waals surface area contributed by atoms with Crippen LogP contribution in [0.3, 0.4) is 0 Å². The number of hydrogen-bond acceptors (Lipinski definition) is 4. The monoisotopic (exact) mass is 406 g/mol. The SMILES string of the molecule is COc1ncc(C)cc1C(OC)c1c[nH]c2c1C=C(C1=C(C)OCC=C1C)C=CC2.[HH]. The zero-order chi connectivity index (χ0) is 21.3. The minimum atomic E-state index is -0.294. The third-order valence-corrected chi connectivity index (χ3v) is 5.69. The number of nitrogens with zero attached hydrogens (tertiary/aromatic N) is 1. The molecular weight excluding hydrogens is 376 g/mol. The van der Waals surface area contributed by atoms with Gasteiger partial charge >= 0.3 is 0 Å². The zero-order valence-electron chi connectivity index (χ0n) is 18.2. The average molecular weight is 407 g/mol. The summed E-state index contributed by atoms with van der Waals surface area (Å²) in [6.07, 6.45) is 13.1. The molecule has 0 radical (unpaired) electrons. The van der Waals surface area contributed by atoms with E-state index in [0.717, 1.165) is 51.3 Å². The molecule has 4 rings (SSSR count). The summed E-state index contributed by atoms with van der Waals surface area (Å²) in [7, 11) is 3.36. The predicted octanol–water partition coefficient (Wildman–Crippen LogP) is 5.45. The lowest BCUT2D eigenvalue weighted by molar-refractivity contribution is 0.133. The molecule has 2 aromatic rings. The van der Waals surface area contributed by atoms with E-state index in [9.17, 15) is 0 Å². The van der Waals surface area contributed by atoms with Crippen molar-refractivity contribution < 1.29 is 15.6 Å². The molecule has 1 atom stereocenters. The quantitative estimate of drug-likeness (QED) is 0.717. The van der Waals surface area contributed by atoms with Crippen molar-refractivity contribution in [2.24, 2.45) is 0 Å². The van der Waals surface area contributed by atoms with Crippen LogP contribution in [0, 0.1) is 6.92 Å². The molecule has 1 aliphatic carbocycles. The summed E-state index contributed by atoms with van der Waals surface area (Å²) in [5, 5.41) is 0. The Labute approximate surface area is 179 Å². The molecule has 158 valence electrons. The Morgan fingerprint density at radius 1 is 1.20 bits per heavy atom. The van der Waals surface area contributed by atoms with Crippen LogP contribution < -0.4 is 4.74 Å². The normalized spacial score (nSPS) is 17.0. The molecule has 5 heteroatoms. The molecular formula is C25H30N2O3. The number of allylic oxidation sites excluding steroid dienone is 6. The number of hydrogen-bond donors (Lipinski definition) is 1. The third kappa shape index (κ3) is 3.61. The van der Waals surface area contributed by atoms with Crippen molar-refractivity contribution in [2.45, 2.75) is 33.3 Å². The zero-order valence-corrected chi connectivity index (χ0v) is 18.2. The molecule has 0 amide bonds. The van der Waals surface area contributed by atoms with Crippen molar-refractivity contribution in [3.8, 4) is 5.88 Å². The molecule has 1 unspecified atom stereocenters. The molecule has 1 N–H and O–H groups in total. The maximum Gasteiger partial charge on any atom is 0.219 e. The Bertz CT molecular complexity index is 1090. The maximum atomic E-state index is 5.97. The summed E-state index contributed by atoms with van der Waals surface area (Å²) >= 11 is 0. The van der Waals surface area contributed by atoms with Gasteiger partial charge in [0, 0.05) is 55.3 Å². The summed E-state index contributed by atoms with van der Waals surface area (Å²) in [5.41, 5.74) is 8.89. The Hall–Kier alpha value is -3.05. The van der Waals surface area contributed by atoms with Crippen LogP contribution in [-0.4, -0.2) is 30.8 Å². The summed E-state index contributed by atoms with van der Waals surface area (Å²) in [5.74, 6) is 1.54. The highest BCUT2D eigenvalue weighted by molar-refractivity contribution is 5.72. The van der Waals surface area contributed by atoms with Gasteiger partial charge in [0.05, 0.1) is 7.11 Å². The number of aryl methyl sites for hydroxylation is 1. The minimum absolute atomic E-state index is 0. The second-order valence-corrected chi connectivity index (χ2v) is 7.70.